The Morgan fingerprint density at radius 2 is 2.00 bits per heavy atom. The fraction of sp³-hybridized carbons (Fsp3) is 0.200. The molecule has 0 aliphatic carbocycles. The third kappa shape index (κ3) is 3.93. The average Bonchev–Trinajstić information content (AvgIpc) is 3.09. The Kier molecular flexibility index (Phi) is 5.14. The Morgan fingerprint density at radius 3 is 2.71 bits per heavy atom. The van der Waals surface area contributed by atoms with Crippen molar-refractivity contribution < 1.29 is 4.52 Å². The van der Waals surface area contributed by atoms with Gasteiger partial charge >= 0.3 is 0 Å². The van der Waals surface area contributed by atoms with Gasteiger partial charge < -0.3 is 9.84 Å². The molecule has 2 aromatic heterocycles. The molecule has 0 radical (unpaired) electrons. The number of nitrogens with one attached hydrogen (secondary N) is 1. The molecule has 21 heavy (non-hydrogen) atoms. The topological polar surface area (TPSA) is 55.9 Å². The first kappa shape index (κ1) is 15.3. The van der Waals surface area contributed by atoms with E-state index in [9.17, 15) is 0 Å². The lowest BCUT2D eigenvalue weighted by Gasteiger charge is -2.00. The molecule has 3 rings (SSSR count). The van der Waals surface area contributed by atoms with Crippen molar-refractivity contribution in [3.8, 4) is 5.69 Å². The molecule has 0 aliphatic rings. The van der Waals surface area contributed by atoms with Gasteiger partial charge in [0.15, 0.2) is 0 Å². The van der Waals surface area contributed by atoms with Crippen LogP contribution < -0.4 is 5.32 Å². The second-order valence-electron chi connectivity index (χ2n) is 4.66. The van der Waals surface area contributed by atoms with E-state index in [1.165, 1.54) is 0 Å². The maximum Gasteiger partial charge on any atom is 0.133 e. The number of benzene rings is 1. The summed E-state index contributed by atoms with van der Waals surface area (Å²) in [5, 5.41) is 11.6. The Labute approximate surface area is 129 Å². The molecule has 0 saturated carbocycles. The number of para-hydroxylation sites is 1. The SMILES string of the molecule is Cc1cc(CNCc2cnn(-c3ccccc3)c2)no1.Cl. The molecule has 3 aromatic rings. The Bertz CT molecular complexity index is 678. The van der Waals surface area contributed by atoms with Crippen LogP contribution in [-0.4, -0.2) is 14.9 Å². The lowest BCUT2D eigenvalue weighted by atomic mass is 10.3. The molecule has 0 bridgehead atoms. The summed E-state index contributed by atoms with van der Waals surface area (Å²) in [5.41, 5.74) is 3.11. The first-order valence-corrected chi connectivity index (χ1v) is 6.53. The highest BCUT2D eigenvalue weighted by molar-refractivity contribution is 5.85. The van der Waals surface area contributed by atoms with Crippen LogP contribution in [0.1, 0.15) is 17.0 Å². The Balaban J connectivity index is 0.00000161. The molecule has 0 fully saturated rings. The molecule has 0 unspecified atom stereocenters. The number of aromatic nitrogens is 3. The predicted molar refractivity (Wildman–Crippen MR) is 82.6 cm³/mol. The third-order valence-corrected chi connectivity index (χ3v) is 2.97. The fourth-order valence-electron chi connectivity index (χ4n) is 2.01. The van der Waals surface area contributed by atoms with Crippen molar-refractivity contribution in [3.63, 3.8) is 0 Å². The normalized spacial score (nSPS) is 10.3. The van der Waals surface area contributed by atoms with E-state index in [-0.39, 0.29) is 12.4 Å². The largest absolute Gasteiger partial charge is 0.361 e. The number of aryl methyl sites for hydroxylation is 1. The van der Waals surface area contributed by atoms with Crippen LogP contribution in [0.5, 0.6) is 0 Å². The van der Waals surface area contributed by atoms with Crippen LogP contribution in [0.3, 0.4) is 0 Å². The summed E-state index contributed by atoms with van der Waals surface area (Å²) in [6, 6.07) is 12.0. The minimum atomic E-state index is 0. The van der Waals surface area contributed by atoms with Gasteiger partial charge in [0.1, 0.15) is 5.76 Å². The van der Waals surface area contributed by atoms with Crippen LogP contribution in [0.15, 0.2) is 53.3 Å². The summed E-state index contributed by atoms with van der Waals surface area (Å²) >= 11 is 0. The molecular formula is C15H17ClN4O. The molecule has 1 N–H and O–H groups in total. The molecule has 0 amide bonds. The standard InChI is InChI=1S/C15H16N4O.ClH/c1-12-7-14(18-20-12)10-16-8-13-9-17-19(11-13)15-5-3-2-4-6-15;/h2-7,9,11,16H,8,10H2,1H3;1H. The van der Waals surface area contributed by atoms with Gasteiger partial charge in [-0.1, -0.05) is 23.4 Å². The van der Waals surface area contributed by atoms with Crippen LogP contribution >= 0.6 is 12.4 Å². The van der Waals surface area contributed by atoms with E-state index in [1.807, 2.05) is 60.4 Å². The van der Waals surface area contributed by atoms with E-state index >= 15 is 0 Å². The molecule has 5 nitrogen and oxygen atoms in total. The molecule has 0 saturated heterocycles. The Morgan fingerprint density at radius 1 is 1.19 bits per heavy atom. The molecule has 6 heteroatoms. The van der Waals surface area contributed by atoms with Crippen LogP contribution in [0.2, 0.25) is 0 Å². The molecule has 0 atom stereocenters. The van der Waals surface area contributed by atoms with Crippen molar-refractivity contribution in [2.45, 2.75) is 20.0 Å². The quantitative estimate of drug-likeness (QED) is 0.787. The maximum absolute atomic E-state index is 5.02. The fourth-order valence-corrected chi connectivity index (χ4v) is 2.01. The summed E-state index contributed by atoms with van der Waals surface area (Å²) in [6.45, 7) is 3.33. The number of nitrogens with zero attached hydrogens (tertiary/aromatic N) is 3. The van der Waals surface area contributed by atoms with Gasteiger partial charge in [-0.05, 0) is 19.1 Å². The van der Waals surface area contributed by atoms with Crippen molar-refractivity contribution >= 4 is 12.4 Å². The van der Waals surface area contributed by atoms with E-state index in [0.29, 0.717) is 6.54 Å². The molecule has 2 heterocycles. The van der Waals surface area contributed by atoms with E-state index < -0.39 is 0 Å². The molecule has 0 aliphatic heterocycles. The minimum absolute atomic E-state index is 0. The van der Waals surface area contributed by atoms with Gasteiger partial charge in [-0.3, -0.25) is 0 Å². The highest BCUT2D eigenvalue weighted by Crippen LogP contribution is 2.08. The highest BCUT2D eigenvalue weighted by Gasteiger charge is 2.02. The highest BCUT2D eigenvalue weighted by atomic mass is 35.5. The second kappa shape index (κ2) is 7.06. The van der Waals surface area contributed by atoms with E-state index in [2.05, 4.69) is 15.6 Å². The number of halogens is 1. The Hall–Kier alpha value is -2.11. The van der Waals surface area contributed by atoms with Crippen LogP contribution in [0, 0.1) is 6.92 Å². The third-order valence-electron chi connectivity index (χ3n) is 2.97. The monoisotopic (exact) mass is 304 g/mol. The van der Waals surface area contributed by atoms with Crippen molar-refractivity contribution in [3.05, 3.63) is 65.8 Å². The lowest BCUT2D eigenvalue weighted by Crippen LogP contribution is -2.12. The summed E-state index contributed by atoms with van der Waals surface area (Å²) in [4.78, 5) is 0. The first-order valence-electron chi connectivity index (χ1n) is 6.53. The smallest absolute Gasteiger partial charge is 0.133 e. The van der Waals surface area contributed by atoms with Gasteiger partial charge in [-0.2, -0.15) is 5.10 Å². The summed E-state index contributed by atoms with van der Waals surface area (Å²) < 4.78 is 6.90. The number of hydrogen-bond acceptors (Lipinski definition) is 4. The van der Waals surface area contributed by atoms with Gasteiger partial charge in [0.05, 0.1) is 17.6 Å². The van der Waals surface area contributed by atoms with E-state index in [4.69, 9.17) is 4.52 Å². The molecule has 0 spiro atoms. The minimum Gasteiger partial charge on any atom is -0.361 e. The summed E-state index contributed by atoms with van der Waals surface area (Å²) in [5.74, 6) is 0.832. The average molecular weight is 305 g/mol. The number of rotatable bonds is 5. The van der Waals surface area contributed by atoms with Crippen LogP contribution in [0.25, 0.3) is 5.69 Å². The van der Waals surface area contributed by atoms with Crippen LogP contribution in [-0.2, 0) is 13.1 Å². The van der Waals surface area contributed by atoms with Crippen molar-refractivity contribution in [2.24, 2.45) is 0 Å². The van der Waals surface area contributed by atoms with Crippen molar-refractivity contribution in [2.75, 3.05) is 0 Å². The van der Waals surface area contributed by atoms with Crippen LogP contribution in [0.4, 0.5) is 0 Å². The zero-order valence-electron chi connectivity index (χ0n) is 11.7. The van der Waals surface area contributed by atoms with Gasteiger partial charge in [0.25, 0.3) is 0 Å². The number of hydrogen-bond donors (Lipinski definition) is 1. The summed E-state index contributed by atoms with van der Waals surface area (Å²) in [6.07, 6.45) is 3.89. The lowest BCUT2D eigenvalue weighted by molar-refractivity contribution is 0.388. The second-order valence-corrected chi connectivity index (χ2v) is 4.66. The van der Waals surface area contributed by atoms with E-state index in [1.54, 1.807) is 0 Å². The van der Waals surface area contributed by atoms with Gasteiger partial charge in [-0.15, -0.1) is 12.4 Å². The molecular weight excluding hydrogens is 288 g/mol. The zero-order valence-corrected chi connectivity index (χ0v) is 12.5. The van der Waals surface area contributed by atoms with Crippen molar-refractivity contribution in [1.29, 1.82) is 0 Å². The van der Waals surface area contributed by atoms with E-state index in [0.717, 1.165) is 29.2 Å². The molecule has 1 aromatic carbocycles. The molecule has 110 valence electrons. The maximum atomic E-state index is 5.02. The predicted octanol–water partition coefficient (Wildman–Crippen LogP) is 2.88. The van der Waals surface area contributed by atoms with Crippen molar-refractivity contribution in [1.82, 2.24) is 20.3 Å². The zero-order chi connectivity index (χ0) is 13.8. The summed E-state index contributed by atoms with van der Waals surface area (Å²) in [7, 11) is 0. The van der Waals surface area contributed by atoms with Gasteiger partial charge in [-0.25, -0.2) is 4.68 Å². The first-order chi connectivity index (χ1) is 9.81. The van der Waals surface area contributed by atoms with Gasteiger partial charge in [0, 0.05) is 30.9 Å². The van der Waals surface area contributed by atoms with Gasteiger partial charge in [0.2, 0.25) is 0 Å².